The predicted molar refractivity (Wildman–Crippen MR) is 97.6 cm³/mol. The number of carboxylic acids is 1. The molecule has 130 valence electrons. The van der Waals surface area contributed by atoms with Crippen molar-refractivity contribution in [2.24, 2.45) is 0 Å². The van der Waals surface area contributed by atoms with Crippen molar-refractivity contribution in [1.29, 1.82) is 0 Å². The largest absolute Gasteiger partial charge is 0.480 e. The molecule has 25 heavy (non-hydrogen) atoms. The van der Waals surface area contributed by atoms with E-state index in [0.717, 1.165) is 23.1 Å². The Kier molecular flexibility index (Phi) is 5.03. The number of likely N-dealkylation sites (tertiary alicyclic amines) is 1. The minimum Gasteiger partial charge on any atom is -0.480 e. The Morgan fingerprint density at radius 2 is 1.96 bits per heavy atom. The second-order valence-corrected chi connectivity index (χ2v) is 6.22. The highest BCUT2D eigenvalue weighted by Gasteiger charge is 2.34. The molecule has 0 bridgehead atoms. The number of rotatable bonds is 4. The van der Waals surface area contributed by atoms with Gasteiger partial charge in [-0.2, -0.15) is 0 Å². The van der Waals surface area contributed by atoms with Gasteiger partial charge in [0.15, 0.2) is 0 Å². The Morgan fingerprint density at radius 3 is 2.64 bits per heavy atom. The molecule has 0 unspecified atom stereocenters. The van der Waals surface area contributed by atoms with Crippen molar-refractivity contribution in [3.05, 3.63) is 54.1 Å². The number of anilines is 1. The molecule has 1 saturated heterocycles. The highest BCUT2D eigenvalue weighted by molar-refractivity contribution is 5.96. The van der Waals surface area contributed by atoms with E-state index in [0.29, 0.717) is 25.1 Å². The van der Waals surface area contributed by atoms with Crippen molar-refractivity contribution in [3.63, 3.8) is 0 Å². The molecule has 0 aliphatic carbocycles. The average molecular weight is 338 g/mol. The van der Waals surface area contributed by atoms with Gasteiger partial charge in [0.05, 0.1) is 5.69 Å². The maximum atomic E-state index is 12.7. The summed E-state index contributed by atoms with van der Waals surface area (Å²) in [6.07, 6.45) is 2.08. The molecule has 0 aromatic heterocycles. The molecular formula is C20H22N2O3. The van der Waals surface area contributed by atoms with Crippen molar-refractivity contribution >= 4 is 17.7 Å². The molecule has 5 heteroatoms. The first kappa shape index (κ1) is 17.0. The minimum atomic E-state index is -0.946. The molecule has 2 amide bonds. The molecule has 1 aliphatic rings. The Bertz CT molecular complexity index is 774. The Hall–Kier alpha value is -2.82. The molecule has 0 spiro atoms. The first-order valence-electron chi connectivity index (χ1n) is 8.59. The Labute approximate surface area is 147 Å². The fraction of sp³-hybridized carbons (Fsp3) is 0.300. The summed E-state index contributed by atoms with van der Waals surface area (Å²) in [6.45, 7) is 2.53. The van der Waals surface area contributed by atoms with Gasteiger partial charge in [-0.3, -0.25) is 0 Å². The van der Waals surface area contributed by atoms with Crippen molar-refractivity contribution < 1.29 is 14.7 Å². The van der Waals surface area contributed by atoms with Crippen LogP contribution < -0.4 is 5.32 Å². The van der Waals surface area contributed by atoms with Crippen molar-refractivity contribution in [3.8, 4) is 11.1 Å². The van der Waals surface area contributed by atoms with Crippen LogP contribution in [0.3, 0.4) is 0 Å². The molecule has 0 saturated carbocycles. The van der Waals surface area contributed by atoms with Crippen LogP contribution in [0.15, 0.2) is 48.5 Å². The van der Waals surface area contributed by atoms with Crippen LogP contribution >= 0.6 is 0 Å². The van der Waals surface area contributed by atoms with Crippen LogP contribution in [0.2, 0.25) is 0 Å². The number of carbonyl (C=O) groups is 2. The van der Waals surface area contributed by atoms with Crippen molar-refractivity contribution in [1.82, 2.24) is 4.90 Å². The van der Waals surface area contributed by atoms with E-state index in [2.05, 4.69) is 12.2 Å². The monoisotopic (exact) mass is 338 g/mol. The van der Waals surface area contributed by atoms with Gasteiger partial charge in [-0.15, -0.1) is 0 Å². The maximum absolute atomic E-state index is 12.7. The summed E-state index contributed by atoms with van der Waals surface area (Å²) in [5, 5.41) is 12.2. The van der Waals surface area contributed by atoms with E-state index in [1.54, 1.807) is 0 Å². The summed E-state index contributed by atoms with van der Waals surface area (Å²) in [5.74, 6) is -0.946. The highest BCUT2D eigenvalue weighted by Crippen LogP contribution is 2.30. The number of hydrogen-bond acceptors (Lipinski definition) is 2. The van der Waals surface area contributed by atoms with Crippen molar-refractivity contribution in [2.75, 3.05) is 11.9 Å². The van der Waals surface area contributed by atoms with Gasteiger partial charge in [-0.05, 0) is 36.5 Å². The summed E-state index contributed by atoms with van der Waals surface area (Å²) in [7, 11) is 0. The number of aryl methyl sites for hydroxylation is 1. The SMILES string of the molecule is CCc1ccc(-c2ccccc2)c(NC(=O)N2CCC[C@@H]2C(=O)O)c1. The van der Waals surface area contributed by atoms with E-state index in [9.17, 15) is 14.7 Å². The third kappa shape index (κ3) is 3.65. The lowest BCUT2D eigenvalue weighted by Gasteiger charge is -2.23. The molecule has 2 aromatic carbocycles. The third-order valence-corrected chi connectivity index (χ3v) is 4.62. The van der Waals surface area contributed by atoms with Crippen LogP contribution in [0.25, 0.3) is 11.1 Å². The van der Waals surface area contributed by atoms with Gasteiger partial charge >= 0.3 is 12.0 Å². The van der Waals surface area contributed by atoms with Crippen LogP contribution in [0.5, 0.6) is 0 Å². The molecule has 1 heterocycles. The van der Waals surface area contributed by atoms with Gasteiger partial charge in [0.2, 0.25) is 0 Å². The van der Waals surface area contributed by atoms with Crippen LogP contribution in [0.4, 0.5) is 10.5 Å². The summed E-state index contributed by atoms with van der Waals surface area (Å²) in [6, 6.07) is 14.8. The number of urea groups is 1. The Morgan fingerprint density at radius 1 is 1.20 bits per heavy atom. The number of carbonyl (C=O) groups excluding carboxylic acids is 1. The van der Waals surface area contributed by atoms with Crippen LogP contribution in [-0.2, 0) is 11.2 Å². The topological polar surface area (TPSA) is 69.6 Å². The summed E-state index contributed by atoms with van der Waals surface area (Å²) in [5.41, 5.74) is 3.77. The molecule has 0 radical (unpaired) electrons. The van der Waals surface area contributed by atoms with Gasteiger partial charge in [-0.1, -0.05) is 49.4 Å². The highest BCUT2D eigenvalue weighted by atomic mass is 16.4. The molecule has 1 aliphatic heterocycles. The zero-order valence-electron chi connectivity index (χ0n) is 14.2. The fourth-order valence-electron chi connectivity index (χ4n) is 3.24. The number of amides is 2. The van der Waals surface area contributed by atoms with E-state index >= 15 is 0 Å². The van der Waals surface area contributed by atoms with Gasteiger partial charge in [-0.25, -0.2) is 9.59 Å². The zero-order chi connectivity index (χ0) is 17.8. The lowest BCUT2D eigenvalue weighted by molar-refractivity contribution is -0.141. The quantitative estimate of drug-likeness (QED) is 0.885. The predicted octanol–water partition coefficient (Wildman–Crippen LogP) is 4.00. The van der Waals surface area contributed by atoms with E-state index in [-0.39, 0.29) is 6.03 Å². The van der Waals surface area contributed by atoms with Gasteiger partial charge in [0, 0.05) is 12.1 Å². The lowest BCUT2D eigenvalue weighted by Crippen LogP contribution is -2.42. The second-order valence-electron chi connectivity index (χ2n) is 6.22. The number of nitrogens with zero attached hydrogens (tertiary/aromatic N) is 1. The van der Waals surface area contributed by atoms with Gasteiger partial charge in [0.25, 0.3) is 0 Å². The van der Waals surface area contributed by atoms with Gasteiger partial charge < -0.3 is 15.3 Å². The lowest BCUT2D eigenvalue weighted by atomic mass is 10.0. The first-order chi connectivity index (χ1) is 12.1. The normalized spacial score (nSPS) is 16.7. The van der Waals surface area contributed by atoms with Crippen molar-refractivity contribution in [2.45, 2.75) is 32.2 Å². The average Bonchev–Trinajstić information content (AvgIpc) is 3.12. The number of hydrogen-bond donors (Lipinski definition) is 2. The molecule has 2 N–H and O–H groups in total. The molecule has 1 fully saturated rings. The number of benzene rings is 2. The third-order valence-electron chi connectivity index (χ3n) is 4.62. The first-order valence-corrected chi connectivity index (χ1v) is 8.59. The van der Waals surface area contributed by atoms with Crippen LogP contribution in [0, 0.1) is 0 Å². The molecule has 3 rings (SSSR count). The zero-order valence-corrected chi connectivity index (χ0v) is 14.2. The smallest absolute Gasteiger partial charge is 0.326 e. The molecular weight excluding hydrogens is 316 g/mol. The Balaban J connectivity index is 1.90. The fourth-order valence-corrected chi connectivity index (χ4v) is 3.24. The maximum Gasteiger partial charge on any atom is 0.326 e. The number of nitrogens with one attached hydrogen (secondary N) is 1. The standard InChI is InChI=1S/C20H22N2O3/c1-2-14-10-11-16(15-7-4-3-5-8-15)17(13-14)21-20(25)22-12-6-9-18(22)19(23)24/h3-5,7-8,10-11,13,18H,2,6,9,12H2,1H3,(H,21,25)(H,23,24)/t18-/m1/s1. The molecule has 5 nitrogen and oxygen atoms in total. The minimum absolute atomic E-state index is 0.352. The van der Waals surface area contributed by atoms with Crippen LogP contribution in [-0.4, -0.2) is 34.6 Å². The molecule has 1 atom stereocenters. The summed E-state index contributed by atoms with van der Waals surface area (Å²) >= 11 is 0. The molecule has 2 aromatic rings. The van der Waals surface area contributed by atoms with Crippen LogP contribution in [0.1, 0.15) is 25.3 Å². The van der Waals surface area contributed by atoms with E-state index < -0.39 is 12.0 Å². The summed E-state index contributed by atoms with van der Waals surface area (Å²) in [4.78, 5) is 25.4. The van der Waals surface area contributed by atoms with E-state index in [4.69, 9.17) is 0 Å². The van der Waals surface area contributed by atoms with E-state index in [1.807, 2.05) is 48.5 Å². The van der Waals surface area contributed by atoms with Gasteiger partial charge in [0.1, 0.15) is 6.04 Å². The number of carboxylic acid groups (broad SMARTS) is 1. The van der Waals surface area contributed by atoms with E-state index in [1.165, 1.54) is 4.90 Å². The summed E-state index contributed by atoms with van der Waals surface area (Å²) < 4.78 is 0. The second kappa shape index (κ2) is 7.38. The number of aliphatic carboxylic acids is 1.